The van der Waals surface area contributed by atoms with Gasteiger partial charge in [0.25, 0.3) is 10.2 Å². The smallest absolute Gasteiger partial charge is 0.281 e. The zero-order valence-corrected chi connectivity index (χ0v) is 17.7. The Bertz CT molecular complexity index is 767. The summed E-state index contributed by atoms with van der Waals surface area (Å²) >= 11 is 0. The van der Waals surface area contributed by atoms with E-state index in [1.807, 2.05) is 6.07 Å². The lowest BCUT2D eigenvalue weighted by molar-refractivity contribution is -0.126. The molecule has 3 rings (SSSR count). The van der Waals surface area contributed by atoms with Crippen molar-refractivity contribution in [1.29, 1.82) is 0 Å². The van der Waals surface area contributed by atoms with Crippen LogP contribution in [0, 0.1) is 5.92 Å². The van der Waals surface area contributed by atoms with E-state index in [1.54, 1.807) is 0 Å². The average Bonchev–Trinajstić information content (AvgIpc) is 3.20. The van der Waals surface area contributed by atoms with E-state index in [2.05, 4.69) is 28.4 Å². The summed E-state index contributed by atoms with van der Waals surface area (Å²) in [6.45, 7) is 4.55. The van der Waals surface area contributed by atoms with Gasteiger partial charge in [0.2, 0.25) is 5.91 Å². The topological polar surface area (TPSA) is 73.0 Å². The molecule has 2 fully saturated rings. The van der Waals surface area contributed by atoms with Crippen LogP contribution in [-0.4, -0.2) is 68.1 Å². The number of amides is 1. The Morgan fingerprint density at radius 1 is 1.07 bits per heavy atom. The molecule has 0 radical (unpaired) electrons. The second kappa shape index (κ2) is 9.35. The third kappa shape index (κ3) is 5.11. The number of hydrogen-bond acceptors (Lipinski definition) is 4. The molecule has 7 nitrogen and oxygen atoms in total. The van der Waals surface area contributed by atoms with Crippen LogP contribution in [0.5, 0.6) is 0 Å². The summed E-state index contributed by atoms with van der Waals surface area (Å²) in [5, 5.41) is 3.07. The molecule has 2 heterocycles. The Morgan fingerprint density at radius 2 is 1.68 bits per heavy atom. The molecule has 0 bridgehead atoms. The highest BCUT2D eigenvalue weighted by molar-refractivity contribution is 7.86. The molecule has 1 aromatic carbocycles. The molecule has 0 aromatic heterocycles. The molecule has 8 heteroatoms. The fraction of sp³-hybridized carbons (Fsp3) is 0.650. The van der Waals surface area contributed by atoms with Crippen LogP contribution in [0.25, 0.3) is 0 Å². The summed E-state index contributed by atoms with van der Waals surface area (Å²) in [6.07, 6.45) is 3.66. The Labute approximate surface area is 168 Å². The van der Waals surface area contributed by atoms with Crippen molar-refractivity contribution in [3.8, 4) is 0 Å². The number of hydrogen-bond donors (Lipinski definition) is 1. The molecule has 0 unspecified atom stereocenters. The predicted octanol–water partition coefficient (Wildman–Crippen LogP) is 1.42. The first-order valence-electron chi connectivity index (χ1n) is 10.1. The van der Waals surface area contributed by atoms with Gasteiger partial charge in [-0.05, 0) is 49.9 Å². The van der Waals surface area contributed by atoms with Crippen LogP contribution in [0.15, 0.2) is 24.3 Å². The van der Waals surface area contributed by atoms with E-state index in [9.17, 15) is 13.2 Å². The molecule has 0 atom stereocenters. The molecule has 1 amide bonds. The van der Waals surface area contributed by atoms with Gasteiger partial charge in [-0.1, -0.05) is 24.3 Å². The Kier molecular flexibility index (Phi) is 7.09. The number of nitrogens with zero attached hydrogens (tertiary/aromatic N) is 3. The van der Waals surface area contributed by atoms with Gasteiger partial charge >= 0.3 is 0 Å². The SMILES string of the molecule is CN(C)S(=O)(=O)N1CCC(C(=O)NCc2ccccc2CN2CCCC2)CC1. The van der Waals surface area contributed by atoms with Crippen LogP contribution in [0.4, 0.5) is 0 Å². The normalized spacial score (nSPS) is 20.0. The van der Waals surface area contributed by atoms with Crippen molar-refractivity contribution >= 4 is 16.1 Å². The van der Waals surface area contributed by atoms with Gasteiger partial charge in [0.15, 0.2) is 0 Å². The van der Waals surface area contributed by atoms with Crippen LogP contribution >= 0.6 is 0 Å². The molecular weight excluding hydrogens is 376 g/mol. The number of carbonyl (C=O) groups excluding carboxylic acids is 1. The molecule has 28 heavy (non-hydrogen) atoms. The second-order valence-corrected chi connectivity index (χ2v) is 10.1. The molecule has 1 aromatic rings. The van der Waals surface area contributed by atoms with E-state index in [1.165, 1.54) is 41.1 Å². The summed E-state index contributed by atoms with van der Waals surface area (Å²) in [6, 6.07) is 8.29. The number of benzene rings is 1. The molecular formula is C20H32N4O3S. The lowest BCUT2D eigenvalue weighted by Gasteiger charge is -2.32. The highest BCUT2D eigenvalue weighted by Gasteiger charge is 2.32. The summed E-state index contributed by atoms with van der Waals surface area (Å²) in [4.78, 5) is 15.1. The van der Waals surface area contributed by atoms with Gasteiger partial charge in [0.05, 0.1) is 0 Å². The minimum absolute atomic E-state index is 0.0258. The minimum Gasteiger partial charge on any atom is -0.352 e. The second-order valence-electron chi connectivity index (χ2n) is 7.93. The number of likely N-dealkylation sites (tertiary alicyclic amines) is 1. The first-order chi connectivity index (χ1) is 13.4. The van der Waals surface area contributed by atoms with Gasteiger partial charge < -0.3 is 5.32 Å². The maximum absolute atomic E-state index is 12.6. The van der Waals surface area contributed by atoms with Gasteiger partial charge in [-0.25, -0.2) is 0 Å². The molecule has 0 saturated carbocycles. The van der Waals surface area contributed by atoms with Crippen LogP contribution in [-0.2, 0) is 28.1 Å². The molecule has 0 aliphatic carbocycles. The van der Waals surface area contributed by atoms with E-state index in [0.717, 1.165) is 25.2 Å². The van der Waals surface area contributed by atoms with Crippen LogP contribution < -0.4 is 5.32 Å². The van der Waals surface area contributed by atoms with E-state index in [4.69, 9.17) is 0 Å². The van der Waals surface area contributed by atoms with Crippen molar-refractivity contribution in [2.45, 2.75) is 38.8 Å². The molecule has 2 saturated heterocycles. The van der Waals surface area contributed by atoms with Crippen LogP contribution in [0.2, 0.25) is 0 Å². The van der Waals surface area contributed by atoms with Crippen LogP contribution in [0.3, 0.4) is 0 Å². The van der Waals surface area contributed by atoms with Gasteiger partial charge in [-0.2, -0.15) is 17.0 Å². The zero-order chi connectivity index (χ0) is 20.1. The Hall–Kier alpha value is -1.48. The van der Waals surface area contributed by atoms with Crippen LogP contribution in [0.1, 0.15) is 36.8 Å². The van der Waals surface area contributed by atoms with E-state index < -0.39 is 10.2 Å². The van der Waals surface area contributed by atoms with Gasteiger partial charge in [0, 0.05) is 46.2 Å². The van der Waals surface area contributed by atoms with E-state index in [0.29, 0.717) is 32.5 Å². The number of nitrogens with one attached hydrogen (secondary N) is 1. The summed E-state index contributed by atoms with van der Waals surface area (Å²) in [7, 11) is -0.320. The molecule has 2 aliphatic heterocycles. The van der Waals surface area contributed by atoms with Gasteiger partial charge in [-0.3, -0.25) is 9.69 Å². The Balaban J connectivity index is 1.51. The van der Waals surface area contributed by atoms with Crippen molar-refractivity contribution in [3.05, 3.63) is 35.4 Å². The zero-order valence-electron chi connectivity index (χ0n) is 16.9. The lowest BCUT2D eigenvalue weighted by Crippen LogP contribution is -2.46. The predicted molar refractivity (Wildman–Crippen MR) is 110 cm³/mol. The summed E-state index contributed by atoms with van der Waals surface area (Å²) < 4.78 is 27.1. The maximum atomic E-state index is 12.6. The Morgan fingerprint density at radius 3 is 2.29 bits per heavy atom. The number of piperidine rings is 1. The van der Waals surface area contributed by atoms with Gasteiger partial charge in [0.1, 0.15) is 0 Å². The fourth-order valence-electron chi connectivity index (χ4n) is 3.97. The highest BCUT2D eigenvalue weighted by atomic mass is 32.2. The van der Waals surface area contributed by atoms with E-state index >= 15 is 0 Å². The highest BCUT2D eigenvalue weighted by Crippen LogP contribution is 2.21. The van der Waals surface area contributed by atoms with Crippen molar-refractivity contribution < 1.29 is 13.2 Å². The molecule has 2 aliphatic rings. The monoisotopic (exact) mass is 408 g/mol. The number of carbonyl (C=O) groups is 1. The molecule has 0 spiro atoms. The third-order valence-corrected chi connectivity index (χ3v) is 7.72. The summed E-state index contributed by atoms with van der Waals surface area (Å²) in [5.74, 6) is -0.0998. The van der Waals surface area contributed by atoms with Gasteiger partial charge in [-0.15, -0.1) is 0 Å². The average molecular weight is 409 g/mol. The van der Waals surface area contributed by atoms with Crippen molar-refractivity contribution in [2.24, 2.45) is 5.92 Å². The largest absolute Gasteiger partial charge is 0.352 e. The minimum atomic E-state index is -3.39. The summed E-state index contributed by atoms with van der Waals surface area (Å²) in [5.41, 5.74) is 2.44. The third-order valence-electron chi connectivity index (χ3n) is 5.78. The molecule has 1 N–H and O–H groups in total. The quantitative estimate of drug-likeness (QED) is 0.741. The van der Waals surface area contributed by atoms with Crippen molar-refractivity contribution in [1.82, 2.24) is 18.8 Å². The van der Waals surface area contributed by atoms with Crippen molar-refractivity contribution in [2.75, 3.05) is 40.3 Å². The first kappa shape index (κ1) is 21.2. The fourth-order valence-corrected chi connectivity index (χ4v) is 5.11. The maximum Gasteiger partial charge on any atom is 0.281 e. The molecule has 156 valence electrons. The first-order valence-corrected chi connectivity index (χ1v) is 11.5. The standard InChI is InChI=1S/C20H32N4O3S/c1-22(2)28(26,27)24-13-9-17(10-14-24)20(25)21-15-18-7-3-4-8-19(18)16-23-11-5-6-12-23/h3-4,7-8,17H,5-6,9-16H2,1-2H3,(H,21,25). The van der Waals surface area contributed by atoms with E-state index in [-0.39, 0.29) is 11.8 Å². The lowest BCUT2D eigenvalue weighted by atomic mass is 9.97. The van der Waals surface area contributed by atoms with Crippen molar-refractivity contribution in [3.63, 3.8) is 0 Å². The number of rotatable bonds is 7.